The number of halogens is 1. The highest BCUT2D eigenvalue weighted by atomic mass is 35.5. The van der Waals surface area contributed by atoms with E-state index in [0.717, 1.165) is 19.3 Å². The molecule has 0 aliphatic heterocycles. The molecule has 4 rings (SSSR count). The van der Waals surface area contributed by atoms with Crippen molar-refractivity contribution in [1.29, 1.82) is 0 Å². The van der Waals surface area contributed by atoms with Gasteiger partial charge in [-0.2, -0.15) is 0 Å². The van der Waals surface area contributed by atoms with E-state index in [0.29, 0.717) is 10.6 Å². The molecule has 1 N–H and O–H groups in total. The third-order valence-corrected chi connectivity index (χ3v) is 5.37. The zero-order valence-electron chi connectivity index (χ0n) is 13.6. The molecule has 0 radical (unpaired) electrons. The molecule has 1 aliphatic carbocycles. The first-order valence-electron chi connectivity index (χ1n) is 8.25. The number of para-hydroxylation sites is 1. The number of H-pyrrole nitrogens is 1. The molecule has 122 valence electrons. The predicted octanol–water partition coefficient (Wildman–Crippen LogP) is 4.45. The van der Waals surface area contributed by atoms with E-state index in [4.69, 9.17) is 11.6 Å². The summed E-state index contributed by atoms with van der Waals surface area (Å²) >= 11 is 6.19. The summed E-state index contributed by atoms with van der Waals surface area (Å²) in [5.41, 5.74) is 4.42. The lowest BCUT2D eigenvalue weighted by Gasteiger charge is -2.31. The van der Waals surface area contributed by atoms with Gasteiger partial charge in [-0.3, -0.25) is 4.79 Å². The van der Waals surface area contributed by atoms with Gasteiger partial charge in [0, 0.05) is 29.7 Å². The average molecular weight is 339 g/mol. The maximum absolute atomic E-state index is 12.8. The van der Waals surface area contributed by atoms with Gasteiger partial charge in [-0.05, 0) is 43.0 Å². The number of carbonyl (C=O) groups is 1. The lowest BCUT2D eigenvalue weighted by atomic mass is 9.90. The predicted molar refractivity (Wildman–Crippen MR) is 97.7 cm³/mol. The second-order valence-corrected chi connectivity index (χ2v) is 6.83. The van der Waals surface area contributed by atoms with Crippen LogP contribution in [0.15, 0.2) is 48.5 Å². The van der Waals surface area contributed by atoms with Crippen LogP contribution in [-0.4, -0.2) is 28.9 Å². The number of hydrogen-bond acceptors (Lipinski definition) is 1. The second kappa shape index (κ2) is 5.99. The largest absolute Gasteiger partial charge is 0.358 e. The summed E-state index contributed by atoms with van der Waals surface area (Å²) in [6.45, 7) is 0. The maximum atomic E-state index is 12.8. The molecule has 1 aliphatic rings. The summed E-state index contributed by atoms with van der Waals surface area (Å²) in [7, 11) is 1.89. The topological polar surface area (TPSA) is 36.1 Å². The number of aromatic nitrogens is 1. The van der Waals surface area contributed by atoms with E-state index < -0.39 is 0 Å². The number of amides is 1. The zero-order chi connectivity index (χ0) is 16.7. The highest BCUT2D eigenvalue weighted by molar-refractivity contribution is 6.33. The molecule has 1 heterocycles. The van der Waals surface area contributed by atoms with Gasteiger partial charge in [-0.1, -0.05) is 41.9 Å². The number of hydrogen-bond donors (Lipinski definition) is 1. The normalized spacial score (nSPS) is 16.8. The Balaban J connectivity index is 1.62. The number of aromatic amines is 1. The summed E-state index contributed by atoms with van der Waals surface area (Å²) in [4.78, 5) is 18.2. The molecule has 1 unspecified atom stereocenters. The van der Waals surface area contributed by atoms with Crippen molar-refractivity contribution in [3.8, 4) is 0 Å². The third-order valence-electron chi connectivity index (χ3n) is 5.04. The second-order valence-electron chi connectivity index (χ2n) is 6.42. The fraction of sp³-hybridized carbons (Fsp3) is 0.250. The number of benzene rings is 2. The summed E-state index contributed by atoms with van der Waals surface area (Å²) in [6, 6.07) is 15.8. The minimum Gasteiger partial charge on any atom is -0.358 e. The first-order chi connectivity index (χ1) is 11.6. The highest BCUT2D eigenvalue weighted by Gasteiger charge is 2.28. The average Bonchev–Trinajstić information content (AvgIpc) is 2.99. The monoisotopic (exact) mass is 338 g/mol. The van der Waals surface area contributed by atoms with Crippen LogP contribution in [0.25, 0.3) is 10.9 Å². The molecule has 1 amide bonds. The molecule has 0 bridgehead atoms. The van der Waals surface area contributed by atoms with Crippen molar-refractivity contribution >= 4 is 28.4 Å². The fourth-order valence-corrected chi connectivity index (χ4v) is 3.89. The van der Waals surface area contributed by atoms with Crippen LogP contribution >= 0.6 is 11.6 Å². The van der Waals surface area contributed by atoms with Crippen molar-refractivity contribution in [2.45, 2.75) is 25.3 Å². The van der Waals surface area contributed by atoms with Crippen LogP contribution in [0.3, 0.4) is 0 Å². The lowest BCUT2D eigenvalue weighted by Crippen LogP contribution is -2.40. The van der Waals surface area contributed by atoms with Gasteiger partial charge in [0.1, 0.15) is 0 Å². The maximum Gasteiger partial charge on any atom is 0.255 e. The van der Waals surface area contributed by atoms with Gasteiger partial charge < -0.3 is 9.88 Å². The van der Waals surface area contributed by atoms with E-state index in [1.165, 1.54) is 22.2 Å². The van der Waals surface area contributed by atoms with Crippen LogP contribution < -0.4 is 0 Å². The Labute approximate surface area is 146 Å². The first kappa shape index (κ1) is 15.3. The molecule has 1 aromatic heterocycles. The number of rotatable bonds is 2. The van der Waals surface area contributed by atoms with Gasteiger partial charge in [0.05, 0.1) is 10.6 Å². The van der Waals surface area contributed by atoms with Crippen molar-refractivity contribution < 1.29 is 4.79 Å². The Morgan fingerprint density at radius 3 is 2.75 bits per heavy atom. The van der Waals surface area contributed by atoms with Crippen molar-refractivity contribution in [2.24, 2.45) is 0 Å². The van der Waals surface area contributed by atoms with E-state index >= 15 is 0 Å². The van der Waals surface area contributed by atoms with E-state index in [9.17, 15) is 4.79 Å². The van der Waals surface area contributed by atoms with Crippen molar-refractivity contribution in [1.82, 2.24) is 9.88 Å². The smallest absolute Gasteiger partial charge is 0.255 e. The molecule has 24 heavy (non-hydrogen) atoms. The van der Waals surface area contributed by atoms with Crippen LogP contribution in [0.1, 0.15) is 28.0 Å². The number of nitrogens with one attached hydrogen (secondary N) is 1. The molecular weight excluding hydrogens is 320 g/mol. The summed E-state index contributed by atoms with van der Waals surface area (Å²) in [5.74, 6) is -0.00566. The Hall–Kier alpha value is -2.26. The van der Waals surface area contributed by atoms with E-state index in [1.54, 1.807) is 12.1 Å². The van der Waals surface area contributed by atoms with Crippen LogP contribution in [0, 0.1) is 0 Å². The first-order valence-corrected chi connectivity index (χ1v) is 8.63. The Morgan fingerprint density at radius 1 is 1.17 bits per heavy atom. The molecule has 0 saturated carbocycles. The molecule has 2 aromatic carbocycles. The van der Waals surface area contributed by atoms with Gasteiger partial charge in [-0.15, -0.1) is 0 Å². The highest BCUT2D eigenvalue weighted by Crippen LogP contribution is 2.31. The van der Waals surface area contributed by atoms with Crippen LogP contribution in [0.2, 0.25) is 5.02 Å². The van der Waals surface area contributed by atoms with Gasteiger partial charge in [0.2, 0.25) is 0 Å². The van der Waals surface area contributed by atoms with Gasteiger partial charge in [0.15, 0.2) is 0 Å². The minimum atomic E-state index is -0.00566. The van der Waals surface area contributed by atoms with Crippen molar-refractivity contribution in [2.75, 3.05) is 7.05 Å². The van der Waals surface area contributed by atoms with Gasteiger partial charge >= 0.3 is 0 Å². The van der Waals surface area contributed by atoms with Crippen LogP contribution in [0.4, 0.5) is 0 Å². The SMILES string of the molecule is CN(C(=O)c1ccccc1Cl)C1CCc2[nH]c3ccccc3c2C1. The van der Waals surface area contributed by atoms with Gasteiger partial charge in [-0.25, -0.2) is 0 Å². The van der Waals surface area contributed by atoms with E-state index in [2.05, 4.69) is 29.2 Å². The minimum absolute atomic E-state index is 0.00566. The zero-order valence-corrected chi connectivity index (χ0v) is 14.3. The molecule has 0 saturated heterocycles. The number of fused-ring (bicyclic) bond motifs is 3. The van der Waals surface area contributed by atoms with Gasteiger partial charge in [0.25, 0.3) is 5.91 Å². The fourth-order valence-electron chi connectivity index (χ4n) is 3.67. The Kier molecular flexibility index (Phi) is 3.81. The number of nitrogens with zero attached hydrogens (tertiary/aromatic N) is 1. The van der Waals surface area contributed by atoms with Crippen molar-refractivity contribution in [3.05, 3.63) is 70.4 Å². The molecule has 3 nitrogen and oxygen atoms in total. The molecule has 4 heteroatoms. The van der Waals surface area contributed by atoms with E-state index in [-0.39, 0.29) is 11.9 Å². The standard InChI is InChI=1S/C20H19ClN2O/c1-23(20(24)15-7-2-4-8-17(15)21)13-10-11-19-16(12-13)14-6-3-5-9-18(14)22-19/h2-9,13,22H,10-12H2,1H3. The Bertz CT molecular complexity index is 915. The third kappa shape index (κ3) is 2.49. The molecule has 0 spiro atoms. The molecular formula is C20H19ClN2O. The number of carbonyl (C=O) groups excluding carboxylic acids is 1. The molecule has 3 aromatic rings. The molecule has 1 atom stereocenters. The van der Waals surface area contributed by atoms with Crippen LogP contribution in [0.5, 0.6) is 0 Å². The van der Waals surface area contributed by atoms with Crippen molar-refractivity contribution in [3.63, 3.8) is 0 Å². The molecule has 0 fully saturated rings. The lowest BCUT2D eigenvalue weighted by molar-refractivity contribution is 0.0719. The summed E-state index contributed by atoms with van der Waals surface area (Å²) in [5, 5.41) is 1.79. The van der Waals surface area contributed by atoms with Crippen LogP contribution in [-0.2, 0) is 12.8 Å². The van der Waals surface area contributed by atoms with E-state index in [1.807, 2.05) is 24.1 Å². The summed E-state index contributed by atoms with van der Waals surface area (Å²) in [6.07, 6.45) is 2.81. The Morgan fingerprint density at radius 2 is 1.92 bits per heavy atom. The summed E-state index contributed by atoms with van der Waals surface area (Å²) < 4.78 is 0. The quantitative estimate of drug-likeness (QED) is 0.736. The number of likely N-dealkylation sites (N-methyl/N-ethyl adjacent to an activating group) is 1. The number of aryl methyl sites for hydroxylation is 1.